The number of carbonyl (C=O) groups is 2. The summed E-state index contributed by atoms with van der Waals surface area (Å²) in [5, 5.41) is 2.64. The Morgan fingerprint density at radius 1 is 1.10 bits per heavy atom. The van der Waals surface area contributed by atoms with Gasteiger partial charge in [0.1, 0.15) is 17.1 Å². The second kappa shape index (κ2) is 8.44. The number of nitrogens with zero attached hydrogens (tertiary/aromatic N) is 1. The van der Waals surface area contributed by atoms with Crippen molar-refractivity contribution < 1.29 is 14.0 Å². The summed E-state index contributed by atoms with van der Waals surface area (Å²) in [6.07, 6.45) is 1.44. The van der Waals surface area contributed by atoms with E-state index in [0.29, 0.717) is 17.2 Å². The molecule has 1 fully saturated rings. The number of thiocarbonyl (C=S) groups is 1. The van der Waals surface area contributed by atoms with Crippen LogP contribution in [0.15, 0.2) is 69.1 Å². The van der Waals surface area contributed by atoms with E-state index in [1.54, 1.807) is 18.2 Å². The summed E-state index contributed by atoms with van der Waals surface area (Å²) in [6, 6.07) is 16.9. The molecule has 0 spiro atoms. The molecule has 3 aromatic rings. The fraction of sp³-hybridized carbons (Fsp3) is 0.0455. The molecule has 0 bridgehead atoms. The van der Waals surface area contributed by atoms with Gasteiger partial charge in [0.2, 0.25) is 0 Å². The normalized spacial score (nSPS) is 15.6. The molecule has 30 heavy (non-hydrogen) atoms. The van der Waals surface area contributed by atoms with Crippen molar-refractivity contribution in [2.24, 2.45) is 0 Å². The molecule has 0 unspecified atom stereocenters. The first-order chi connectivity index (χ1) is 14.3. The highest BCUT2D eigenvalue weighted by molar-refractivity contribution is 14.1. The molecule has 150 valence electrons. The third-order valence-corrected chi connectivity index (χ3v) is 6.04. The summed E-state index contributed by atoms with van der Waals surface area (Å²) >= 11 is 10.9. The molecule has 0 aliphatic carbocycles. The number of anilines is 1. The molecule has 2 amide bonds. The lowest BCUT2D eigenvalue weighted by Crippen LogP contribution is -2.54. The van der Waals surface area contributed by atoms with Crippen molar-refractivity contribution >= 4 is 79.4 Å². The standard InChI is InChI=1S/C22H14BrIN2O3S/c1-12-10-14(23)4-8-18(12)26-21(28)17(20(27)25-22(26)30)11-16-7-9-19(29-16)13-2-5-15(24)6-3-13/h2-11H,1H3,(H,25,27,30)/b17-11+. The first-order valence-electron chi connectivity index (χ1n) is 8.87. The topological polar surface area (TPSA) is 62.6 Å². The summed E-state index contributed by atoms with van der Waals surface area (Å²) < 4.78 is 7.85. The van der Waals surface area contributed by atoms with Crippen molar-refractivity contribution in [2.45, 2.75) is 6.92 Å². The Morgan fingerprint density at radius 2 is 1.83 bits per heavy atom. The molecule has 0 atom stereocenters. The molecule has 1 saturated heterocycles. The van der Waals surface area contributed by atoms with E-state index in [1.165, 1.54) is 11.0 Å². The lowest BCUT2D eigenvalue weighted by molar-refractivity contribution is -0.122. The quantitative estimate of drug-likeness (QED) is 0.190. The van der Waals surface area contributed by atoms with Crippen LogP contribution in [0, 0.1) is 10.5 Å². The molecule has 1 N–H and O–H groups in total. The Kier molecular flexibility index (Phi) is 5.90. The Balaban J connectivity index is 1.68. The minimum absolute atomic E-state index is 0.0468. The van der Waals surface area contributed by atoms with Gasteiger partial charge in [-0.2, -0.15) is 0 Å². The average Bonchev–Trinajstić information content (AvgIpc) is 3.16. The monoisotopic (exact) mass is 592 g/mol. The zero-order valence-electron chi connectivity index (χ0n) is 15.6. The average molecular weight is 593 g/mol. The molecule has 2 heterocycles. The van der Waals surface area contributed by atoms with E-state index in [4.69, 9.17) is 16.6 Å². The summed E-state index contributed by atoms with van der Waals surface area (Å²) in [6.45, 7) is 1.87. The van der Waals surface area contributed by atoms with Crippen molar-refractivity contribution in [3.8, 4) is 11.3 Å². The molecular weight excluding hydrogens is 579 g/mol. The molecule has 8 heteroatoms. The fourth-order valence-corrected chi connectivity index (χ4v) is 4.20. The number of hydrogen-bond donors (Lipinski definition) is 1. The van der Waals surface area contributed by atoms with Crippen molar-refractivity contribution in [1.82, 2.24) is 5.32 Å². The molecule has 1 aromatic heterocycles. The minimum atomic E-state index is -0.553. The Hall–Kier alpha value is -2.30. The van der Waals surface area contributed by atoms with Gasteiger partial charge in [0, 0.05) is 13.6 Å². The van der Waals surface area contributed by atoms with Crippen molar-refractivity contribution in [2.75, 3.05) is 4.90 Å². The molecule has 2 aromatic carbocycles. The van der Waals surface area contributed by atoms with Gasteiger partial charge in [0.15, 0.2) is 5.11 Å². The number of aryl methyl sites for hydroxylation is 1. The predicted molar refractivity (Wildman–Crippen MR) is 132 cm³/mol. The summed E-state index contributed by atoms with van der Waals surface area (Å²) in [5.74, 6) is 0.00464. The van der Waals surface area contributed by atoms with Crippen LogP contribution in [0.2, 0.25) is 0 Å². The first-order valence-corrected chi connectivity index (χ1v) is 11.1. The van der Waals surface area contributed by atoms with Crippen LogP contribution in [0.1, 0.15) is 11.3 Å². The highest BCUT2D eigenvalue weighted by Gasteiger charge is 2.35. The van der Waals surface area contributed by atoms with E-state index >= 15 is 0 Å². The zero-order valence-corrected chi connectivity index (χ0v) is 20.2. The lowest BCUT2D eigenvalue weighted by Gasteiger charge is -2.29. The van der Waals surface area contributed by atoms with Gasteiger partial charge in [-0.05, 0) is 95.8 Å². The number of rotatable bonds is 3. The lowest BCUT2D eigenvalue weighted by atomic mass is 10.1. The van der Waals surface area contributed by atoms with Crippen LogP contribution in [0.25, 0.3) is 17.4 Å². The Morgan fingerprint density at radius 3 is 2.53 bits per heavy atom. The number of hydrogen-bond acceptors (Lipinski definition) is 4. The van der Waals surface area contributed by atoms with Gasteiger partial charge in [-0.3, -0.25) is 19.8 Å². The molecule has 0 radical (unpaired) electrons. The Bertz CT molecular complexity index is 1220. The van der Waals surface area contributed by atoms with Crippen molar-refractivity contribution in [3.05, 3.63) is 79.5 Å². The van der Waals surface area contributed by atoms with Crippen LogP contribution >= 0.6 is 50.7 Å². The summed E-state index contributed by atoms with van der Waals surface area (Å²) in [4.78, 5) is 27.0. The third kappa shape index (κ3) is 4.12. The molecule has 5 nitrogen and oxygen atoms in total. The van der Waals surface area contributed by atoms with Crippen LogP contribution < -0.4 is 10.2 Å². The smallest absolute Gasteiger partial charge is 0.270 e. The maximum atomic E-state index is 13.2. The van der Waals surface area contributed by atoms with Gasteiger partial charge in [0.25, 0.3) is 11.8 Å². The van der Waals surface area contributed by atoms with Crippen molar-refractivity contribution in [1.29, 1.82) is 0 Å². The largest absolute Gasteiger partial charge is 0.457 e. The van der Waals surface area contributed by atoms with E-state index in [2.05, 4.69) is 43.8 Å². The van der Waals surface area contributed by atoms with E-state index < -0.39 is 11.8 Å². The van der Waals surface area contributed by atoms with Crippen LogP contribution in [0.5, 0.6) is 0 Å². The van der Waals surface area contributed by atoms with Gasteiger partial charge in [-0.25, -0.2) is 0 Å². The van der Waals surface area contributed by atoms with E-state index in [-0.39, 0.29) is 10.7 Å². The fourth-order valence-electron chi connectivity index (χ4n) is 3.09. The van der Waals surface area contributed by atoms with Crippen LogP contribution in [-0.4, -0.2) is 16.9 Å². The molecule has 4 rings (SSSR count). The maximum Gasteiger partial charge on any atom is 0.270 e. The van der Waals surface area contributed by atoms with Crippen molar-refractivity contribution in [3.63, 3.8) is 0 Å². The number of halogens is 2. The highest BCUT2D eigenvalue weighted by Crippen LogP contribution is 2.29. The predicted octanol–water partition coefficient (Wildman–Crippen LogP) is 5.45. The first kappa shape index (κ1) is 21.0. The number of amides is 2. The molecule has 1 aliphatic heterocycles. The number of nitrogens with one attached hydrogen (secondary N) is 1. The van der Waals surface area contributed by atoms with Gasteiger partial charge < -0.3 is 4.42 Å². The van der Waals surface area contributed by atoms with Crippen LogP contribution in [0.4, 0.5) is 5.69 Å². The third-order valence-electron chi connectivity index (χ3n) is 4.54. The van der Waals surface area contributed by atoms with E-state index in [1.807, 2.05) is 43.3 Å². The summed E-state index contributed by atoms with van der Waals surface area (Å²) in [7, 11) is 0. The van der Waals surface area contributed by atoms with E-state index in [9.17, 15) is 9.59 Å². The number of benzene rings is 2. The van der Waals surface area contributed by atoms with Gasteiger partial charge in [-0.1, -0.05) is 28.1 Å². The van der Waals surface area contributed by atoms with Gasteiger partial charge in [0.05, 0.1) is 5.69 Å². The summed E-state index contributed by atoms with van der Waals surface area (Å²) in [5.41, 5.74) is 2.31. The van der Waals surface area contributed by atoms with Gasteiger partial charge >= 0.3 is 0 Å². The molecular formula is C22H14BrIN2O3S. The second-order valence-electron chi connectivity index (χ2n) is 6.60. The molecule has 0 saturated carbocycles. The second-order valence-corrected chi connectivity index (χ2v) is 9.15. The number of furan rings is 1. The Labute approximate surface area is 200 Å². The zero-order chi connectivity index (χ0) is 21.4. The van der Waals surface area contributed by atoms with Gasteiger partial charge in [-0.15, -0.1) is 0 Å². The highest BCUT2D eigenvalue weighted by atomic mass is 127. The SMILES string of the molecule is Cc1cc(Br)ccc1N1C(=O)/C(=C/c2ccc(-c3ccc(I)cc3)o2)C(=O)NC1=S. The van der Waals surface area contributed by atoms with E-state index in [0.717, 1.165) is 19.2 Å². The minimum Gasteiger partial charge on any atom is -0.457 e. The maximum absolute atomic E-state index is 13.2. The van der Waals surface area contributed by atoms with Crippen LogP contribution in [0.3, 0.4) is 0 Å². The van der Waals surface area contributed by atoms with Crippen LogP contribution in [-0.2, 0) is 9.59 Å². The molecule has 1 aliphatic rings. The number of carbonyl (C=O) groups excluding carboxylic acids is 2.